The van der Waals surface area contributed by atoms with Crippen molar-refractivity contribution in [1.82, 2.24) is 13.7 Å². The van der Waals surface area contributed by atoms with Gasteiger partial charge in [-0.1, -0.05) is 137 Å². The molecule has 0 spiro atoms. The van der Waals surface area contributed by atoms with Gasteiger partial charge in [-0.2, -0.15) is 10.5 Å². The molecule has 0 amide bonds. The quantitative estimate of drug-likeness (QED) is 0.167. The predicted molar refractivity (Wildman–Crippen MR) is 280 cm³/mol. The summed E-state index contributed by atoms with van der Waals surface area (Å²) >= 11 is 0. The largest absolute Gasteiger partial charge is 0.456 e. The van der Waals surface area contributed by atoms with E-state index in [2.05, 4.69) is 205 Å². The van der Waals surface area contributed by atoms with Gasteiger partial charge in [-0.25, -0.2) is 0 Å². The molecule has 6 heteroatoms. The molecule has 0 aliphatic heterocycles. The number of hydrogen-bond donors (Lipinski definition) is 0. The van der Waals surface area contributed by atoms with Crippen LogP contribution in [0, 0.1) is 22.7 Å². The molecule has 0 fully saturated rings. The first-order valence-electron chi connectivity index (χ1n) is 23.4. The Labute approximate surface area is 392 Å². The summed E-state index contributed by atoms with van der Waals surface area (Å²) in [5.41, 5.74) is 14.0. The zero-order valence-corrected chi connectivity index (χ0v) is 38.0. The van der Waals surface area contributed by atoms with Gasteiger partial charge in [0.2, 0.25) is 0 Å². The lowest BCUT2D eigenvalue weighted by molar-refractivity contribution is 0.669. The number of hydrogen-bond acceptors (Lipinski definition) is 3. The van der Waals surface area contributed by atoms with E-state index in [4.69, 9.17) is 4.42 Å². The van der Waals surface area contributed by atoms with Crippen LogP contribution in [0.15, 0.2) is 180 Å². The molecule has 0 radical (unpaired) electrons. The van der Waals surface area contributed by atoms with E-state index in [0.717, 1.165) is 98.5 Å². The Morgan fingerprint density at radius 1 is 0.368 bits per heavy atom. The topological polar surface area (TPSA) is 75.5 Å². The van der Waals surface area contributed by atoms with Crippen LogP contribution in [0.2, 0.25) is 0 Å². The smallest absolute Gasteiger partial charge is 0.135 e. The fraction of sp³-hybridized carbons (Fsp3) is 0.0968. The number of furan rings is 1. The van der Waals surface area contributed by atoms with Gasteiger partial charge in [-0.05, 0) is 95.3 Å². The van der Waals surface area contributed by atoms with Gasteiger partial charge in [0.1, 0.15) is 34.4 Å². The van der Waals surface area contributed by atoms with Crippen molar-refractivity contribution >= 4 is 87.4 Å². The lowest BCUT2D eigenvalue weighted by atomic mass is 9.90. The third kappa shape index (κ3) is 5.49. The minimum atomic E-state index is 0.295. The van der Waals surface area contributed by atoms with Gasteiger partial charge in [0, 0.05) is 48.7 Å². The Kier molecular flexibility index (Phi) is 8.62. The monoisotopic (exact) mass is 873 g/mol. The summed E-state index contributed by atoms with van der Waals surface area (Å²) < 4.78 is 13.2. The van der Waals surface area contributed by atoms with Crippen LogP contribution in [0.1, 0.15) is 61.8 Å². The van der Waals surface area contributed by atoms with Gasteiger partial charge in [0.15, 0.2) is 0 Å². The van der Waals surface area contributed by atoms with Gasteiger partial charge in [-0.15, -0.1) is 0 Å². The van der Waals surface area contributed by atoms with Gasteiger partial charge in [0.05, 0.1) is 50.2 Å². The average molecular weight is 874 g/mol. The summed E-state index contributed by atoms with van der Waals surface area (Å²) in [4.78, 5) is 0. The highest BCUT2D eigenvalue weighted by Crippen LogP contribution is 2.50. The van der Waals surface area contributed by atoms with Crippen LogP contribution in [0.4, 0.5) is 0 Å². The third-order valence-corrected chi connectivity index (χ3v) is 14.3. The van der Waals surface area contributed by atoms with E-state index in [0.29, 0.717) is 40.0 Å². The van der Waals surface area contributed by atoms with E-state index in [1.165, 1.54) is 11.1 Å². The molecule has 9 aromatic carbocycles. The van der Waals surface area contributed by atoms with Gasteiger partial charge in [0.25, 0.3) is 0 Å². The molecule has 4 aromatic heterocycles. The first-order chi connectivity index (χ1) is 33.3. The number of benzene rings is 9. The molecule has 0 saturated carbocycles. The Morgan fingerprint density at radius 3 is 1.19 bits per heavy atom. The molecule has 6 nitrogen and oxygen atoms in total. The summed E-state index contributed by atoms with van der Waals surface area (Å²) in [6.45, 7) is 8.89. The Bertz CT molecular complexity index is 4040. The van der Waals surface area contributed by atoms with Crippen molar-refractivity contribution < 1.29 is 4.42 Å². The molecule has 0 aliphatic rings. The molecule has 0 N–H and O–H groups in total. The number of nitriles is 2. The van der Waals surface area contributed by atoms with E-state index in [1.807, 2.05) is 24.3 Å². The molecule has 13 rings (SSSR count). The minimum Gasteiger partial charge on any atom is -0.456 e. The molecule has 0 aliphatic carbocycles. The fourth-order valence-electron chi connectivity index (χ4n) is 11.1. The highest BCUT2D eigenvalue weighted by Gasteiger charge is 2.33. The summed E-state index contributed by atoms with van der Waals surface area (Å²) in [6, 6.07) is 67.3. The molecule has 0 bridgehead atoms. The number of para-hydroxylation sites is 5. The maximum absolute atomic E-state index is 12.2. The lowest BCUT2D eigenvalue weighted by Crippen LogP contribution is -2.14. The normalized spacial score (nSPS) is 12.1. The van der Waals surface area contributed by atoms with Gasteiger partial charge in [-0.3, -0.25) is 0 Å². The van der Waals surface area contributed by atoms with E-state index in [9.17, 15) is 10.5 Å². The van der Waals surface area contributed by atoms with Gasteiger partial charge < -0.3 is 18.1 Å². The predicted octanol–water partition coefficient (Wildman–Crippen LogP) is 16.5. The maximum Gasteiger partial charge on any atom is 0.135 e. The molecule has 68 heavy (non-hydrogen) atoms. The molecule has 0 unspecified atom stereocenters. The van der Waals surface area contributed by atoms with Crippen molar-refractivity contribution in [1.29, 1.82) is 10.5 Å². The lowest BCUT2D eigenvalue weighted by Gasteiger charge is -2.26. The molecular weight excluding hydrogens is 831 g/mol. The molecular formula is C62H43N5O. The van der Waals surface area contributed by atoms with Crippen LogP contribution in [0.25, 0.3) is 116 Å². The summed E-state index contributed by atoms with van der Waals surface area (Å²) in [5, 5.41) is 32.9. The van der Waals surface area contributed by atoms with Gasteiger partial charge >= 0.3 is 0 Å². The van der Waals surface area contributed by atoms with Crippen molar-refractivity contribution in [3.63, 3.8) is 0 Å². The van der Waals surface area contributed by atoms with Crippen molar-refractivity contribution in [3.05, 3.63) is 198 Å². The van der Waals surface area contributed by atoms with Crippen LogP contribution in [0.3, 0.4) is 0 Å². The molecule has 0 saturated heterocycles. The van der Waals surface area contributed by atoms with E-state index < -0.39 is 0 Å². The average Bonchev–Trinajstić information content (AvgIpc) is 4.11. The van der Waals surface area contributed by atoms with E-state index >= 15 is 0 Å². The number of nitrogens with zero attached hydrogens (tertiary/aromatic N) is 5. The number of fused-ring (bicyclic) bond motifs is 12. The van der Waals surface area contributed by atoms with E-state index in [-0.39, 0.29) is 0 Å². The number of rotatable bonds is 6. The van der Waals surface area contributed by atoms with E-state index in [1.54, 1.807) is 0 Å². The Balaban J connectivity index is 1.33. The van der Waals surface area contributed by atoms with Crippen LogP contribution in [-0.2, 0) is 0 Å². The van der Waals surface area contributed by atoms with Crippen molar-refractivity contribution in [2.75, 3.05) is 0 Å². The van der Waals surface area contributed by atoms with Crippen LogP contribution in [0.5, 0.6) is 0 Å². The summed E-state index contributed by atoms with van der Waals surface area (Å²) in [7, 11) is 0. The minimum absolute atomic E-state index is 0.295. The Morgan fingerprint density at radius 2 is 0.750 bits per heavy atom. The molecule has 0 atom stereocenters. The summed E-state index contributed by atoms with van der Waals surface area (Å²) in [6.07, 6.45) is 0. The first kappa shape index (κ1) is 39.5. The first-order valence-corrected chi connectivity index (χ1v) is 23.4. The second-order valence-corrected chi connectivity index (χ2v) is 18.6. The second-order valence-electron chi connectivity index (χ2n) is 18.6. The van der Waals surface area contributed by atoms with Crippen LogP contribution in [-0.4, -0.2) is 13.7 Å². The van der Waals surface area contributed by atoms with Crippen molar-refractivity contribution in [2.45, 2.75) is 39.5 Å². The maximum atomic E-state index is 12.2. The highest BCUT2D eigenvalue weighted by atomic mass is 16.3. The fourth-order valence-corrected chi connectivity index (χ4v) is 11.1. The molecule has 322 valence electrons. The van der Waals surface area contributed by atoms with Crippen molar-refractivity contribution in [3.8, 4) is 40.3 Å². The van der Waals surface area contributed by atoms with Crippen LogP contribution >= 0.6 is 0 Å². The zero-order chi connectivity index (χ0) is 45.9. The Hall–Kier alpha value is -8.84. The molecule has 4 heterocycles. The SMILES string of the molecule is CC(C)c1ccc2c(c1)c1cc(C(C)C)ccc1n2-c1c(C#N)c(-n2c3ccccc3c3ccccc32)c(-c2ccc3oc4ccccc4c3c2)c(-n2c3ccccc3c3ccccc32)c1C#N. The van der Waals surface area contributed by atoms with Crippen LogP contribution < -0.4 is 0 Å². The molecule has 13 aromatic rings. The number of aromatic nitrogens is 3. The second kappa shape index (κ2) is 14.8. The van der Waals surface area contributed by atoms with Crippen molar-refractivity contribution in [2.24, 2.45) is 0 Å². The zero-order valence-electron chi connectivity index (χ0n) is 38.0. The standard InChI is InChI=1S/C62H43N5O/c1-36(2)38-25-28-55-46(31-38)47-32-39(37(3)4)26-29-56(47)65(55)60-49(34-63)61(66-51-20-10-5-15-41(51)42-16-6-11-21-52(42)66)59(40-27-30-58-48(33-40)45-19-9-14-24-57(45)68-58)62(50(60)35-64)67-53-22-12-7-17-43(53)44-18-8-13-23-54(44)67/h5-33,36-37H,1-4H3. The third-order valence-electron chi connectivity index (χ3n) is 14.3. The summed E-state index contributed by atoms with van der Waals surface area (Å²) in [5.74, 6) is 0.589. The highest BCUT2D eigenvalue weighted by molar-refractivity contribution is 6.15.